The van der Waals surface area contributed by atoms with E-state index in [1.54, 1.807) is 0 Å². The van der Waals surface area contributed by atoms with Crippen molar-refractivity contribution in [2.45, 2.75) is 34.3 Å². The van der Waals surface area contributed by atoms with Crippen LogP contribution in [0.5, 0.6) is 0 Å². The van der Waals surface area contributed by atoms with Crippen LogP contribution in [0.3, 0.4) is 0 Å². The molecular formula is C56H40N8O28S7. The third-order valence-corrected chi connectivity index (χ3v) is 19.7. The highest BCUT2D eigenvalue weighted by Gasteiger charge is 2.26. The fraction of sp³-hybridized carbons (Fsp3) is 0. The average Bonchev–Trinajstić information content (AvgIpc) is 0.807. The Morgan fingerprint density at radius 3 is 0.687 bits per heavy atom. The fourth-order valence-corrected chi connectivity index (χ4v) is 13.7. The van der Waals surface area contributed by atoms with Crippen LogP contribution < -0.4 is 0 Å². The summed E-state index contributed by atoms with van der Waals surface area (Å²) in [6, 6.07) is 23.1. The zero-order chi connectivity index (χ0) is 73.1. The van der Waals surface area contributed by atoms with Gasteiger partial charge in [0, 0.05) is 76.0 Å². The predicted octanol–water partition coefficient (Wildman–Crippen LogP) is 10.7. The zero-order valence-corrected chi connectivity index (χ0v) is 54.4. The third-order valence-electron chi connectivity index (χ3n) is 13.3. The van der Waals surface area contributed by atoms with E-state index in [4.69, 9.17) is 0 Å². The quantitative estimate of drug-likeness (QED) is 0.00781. The maximum absolute atomic E-state index is 13.4. The molecule has 0 atom stereocenters. The molecule has 0 aliphatic heterocycles. The van der Waals surface area contributed by atoms with Crippen LogP contribution in [0.15, 0.2) is 201 Å². The molecule has 99 heavy (non-hydrogen) atoms. The van der Waals surface area contributed by atoms with E-state index >= 15 is 0 Å². The molecular weight excluding hydrogens is 1460 g/mol. The Labute approximate surface area is 558 Å². The minimum absolute atomic E-state index is 0.0535. The highest BCUT2D eigenvalue weighted by molar-refractivity contribution is 7.87. The lowest BCUT2D eigenvalue weighted by Crippen LogP contribution is -2.04. The Hall–Kier alpha value is -10.9. The van der Waals surface area contributed by atoms with Crippen LogP contribution in [0.2, 0.25) is 0 Å². The van der Waals surface area contributed by atoms with Crippen molar-refractivity contribution in [1.29, 1.82) is 0 Å². The first-order chi connectivity index (χ1) is 45.8. The molecule has 0 bridgehead atoms. The van der Waals surface area contributed by atoms with Crippen LogP contribution in [0.4, 0.5) is 45.5 Å². The van der Waals surface area contributed by atoms with Gasteiger partial charge in [0.1, 0.15) is 51.3 Å². The first-order valence-electron chi connectivity index (χ1n) is 26.3. The highest BCUT2D eigenvalue weighted by atomic mass is 32.2. The summed E-state index contributed by atoms with van der Waals surface area (Å²) in [5.41, 5.74) is -6.44. The number of non-ortho nitro benzene ring substituents is 2. The molecule has 0 aromatic heterocycles. The molecule has 8 rings (SSSR count). The van der Waals surface area contributed by atoms with E-state index in [0.717, 1.165) is 127 Å². The maximum atomic E-state index is 13.4. The lowest BCUT2D eigenvalue weighted by molar-refractivity contribution is -0.435. The monoisotopic (exact) mass is 1500 g/mol. The van der Waals surface area contributed by atoms with Crippen LogP contribution in [0, 0.1) is 35.9 Å². The second-order valence-electron chi connectivity index (χ2n) is 19.9. The van der Waals surface area contributed by atoms with Crippen molar-refractivity contribution in [1.82, 2.24) is 0 Å². The maximum Gasteiger partial charge on any atom is 0.295 e. The van der Waals surface area contributed by atoms with Gasteiger partial charge in [-0.25, -0.2) is 0 Å². The van der Waals surface area contributed by atoms with Gasteiger partial charge in [0.15, 0.2) is 0 Å². The molecule has 7 N–H and O–H groups in total. The lowest BCUT2D eigenvalue weighted by Gasteiger charge is -2.08. The molecule has 0 heterocycles. The summed E-state index contributed by atoms with van der Waals surface area (Å²) in [6.07, 6.45) is 8.02. The van der Waals surface area contributed by atoms with Crippen LogP contribution in [0.25, 0.3) is 48.6 Å². The number of hydrogen-bond acceptors (Lipinski definition) is 24. The van der Waals surface area contributed by atoms with Crippen molar-refractivity contribution in [3.05, 3.63) is 232 Å². The van der Waals surface area contributed by atoms with Gasteiger partial charge in [-0.2, -0.15) is 58.9 Å². The van der Waals surface area contributed by atoms with Gasteiger partial charge in [-0.05, 0) is 117 Å². The van der Waals surface area contributed by atoms with E-state index in [1.807, 2.05) is 0 Å². The molecule has 0 radical (unpaired) electrons. The standard InChI is InChI=1S/C56H40N8O28S7/c65-60(45-21-2-34(3-22-45)1-4-35-16-25-48(63(68)69)32-55(35)98(87,88)89)57-42-18-11-36(50(27-42)93(72,73)74)5-6-37-12-19-43(28-51(37)94(75,76)77)58-61(66)46-23-14-39(53(30-46)96(81,82)83)8-7-38-13-20-44(29-52(38)95(78,79)80)59-62(67)47-24-15-40(54(31-47)97(84,85)86)9-10-41-17-26-49(64(70)71)33-56(41)99(90,91)92/h1-33H,(H,72,73,74)(H,75,76,77)(H,78,79,80)(H,81,82,83)(H,84,85,86)(H,87,88,89)(H,90,91,92). The number of nitrogens with zero attached hydrogens (tertiary/aromatic N) is 8. The van der Waals surface area contributed by atoms with Crippen LogP contribution in [0.1, 0.15) is 44.5 Å². The molecule has 8 aromatic carbocycles. The Bertz CT molecular complexity index is 5810. The molecule has 0 aliphatic carbocycles. The molecule has 514 valence electrons. The van der Waals surface area contributed by atoms with E-state index < -0.39 is 171 Å². The number of benzene rings is 8. The van der Waals surface area contributed by atoms with Gasteiger partial charge < -0.3 is 15.6 Å². The second kappa shape index (κ2) is 28.3. The number of nitro groups is 2. The normalized spacial score (nSPS) is 13.5. The summed E-state index contributed by atoms with van der Waals surface area (Å²) >= 11 is 0. The Kier molecular flexibility index (Phi) is 21.1. The third kappa shape index (κ3) is 18.6. The van der Waals surface area contributed by atoms with E-state index in [0.29, 0.717) is 42.0 Å². The molecule has 0 spiro atoms. The van der Waals surface area contributed by atoms with E-state index in [2.05, 4.69) is 15.3 Å². The van der Waals surface area contributed by atoms with E-state index in [9.17, 15) is 127 Å². The fourth-order valence-electron chi connectivity index (χ4n) is 8.77. The Morgan fingerprint density at radius 1 is 0.253 bits per heavy atom. The topological polar surface area (TPSA) is 582 Å². The molecule has 8 aromatic rings. The van der Waals surface area contributed by atoms with Gasteiger partial charge in [-0.15, -0.1) is 0 Å². The molecule has 0 unspecified atom stereocenters. The Morgan fingerprint density at radius 2 is 0.444 bits per heavy atom. The van der Waals surface area contributed by atoms with Crippen molar-refractivity contribution in [3.8, 4) is 0 Å². The predicted molar refractivity (Wildman–Crippen MR) is 345 cm³/mol. The van der Waals surface area contributed by atoms with Crippen molar-refractivity contribution >= 4 is 165 Å². The minimum atomic E-state index is -5.32. The van der Waals surface area contributed by atoms with Crippen LogP contribution in [-0.2, 0) is 70.8 Å². The number of rotatable bonds is 23. The van der Waals surface area contributed by atoms with Gasteiger partial charge in [-0.3, -0.25) is 52.1 Å². The lowest BCUT2D eigenvalue weighted by atomic mass is 10.1. The molecule has 36 nitrogen and oxygen atoms in total. The summed E-state index contributed by atoms with van der Waals surface area (Å²) in [5, 5.41) is 73.1. The average molecular weight is 1500 g/mol. The van der Waals surface area contributed by atoms with Gasteiger partial charge in [-0.1, -0.05) is 81.4 Å². The van der Waals surface area contributed by atoms with Gasteiger partial charge in [0.25, 0.3) is 82.2 Å². The van der Waals surface area contributed by atoms with Crippen molar-refractivity contribution < 1.29 is 115 Å². The van der Waals surface area contributed by atoms with Gasteiger partial charge in [0.05, 0.1) is 9.85 Å². The SMILES string of the molecule is O=[N+]([O-])c1ccc(C=Cc2ccc([N+]([O-])=Nc3ccc(C=Cc4ccc(N=[N+]([O-])c5ccc(C=Cc6ccc(N=[N+]([O-])c7ccc(C=Cc8ccc([N+](=O)[O-])cc8S(=O)(=O)O)c(S(=O)(=O)O)c7)cc6S(=O)(=O)O)c(S(=O)(=O)O)c5)cc4S(=O)(=O)O)c(S(=O)(=O)O)c3)cc2)c(S(=O)(=O)O)c1. The van der Waals surface area contributed by atoms with E-state index in [-0.39, 0.29) is 42.6 Å². The summed E-state index contributed by atoms with van der Waals surface area (Å²) in [5.74, 6) is 0. The number of nitro benzene ring substituents is 2. The van der Waals surface area contributed by atoms with Crippen molar-refractivity contribution in [2.75, 3.05) is 0 Å². The summed E-state index contributed by atoms with van der Waals surface area (Å²) in [4.78, 5) is 13.5. The first kappa shape index (κ1) is 73.9. The number of azo groups is 3. The zero-order valence-electron chi connectivity index (χ0n) is 48.7. The molecule has 43 heteroatoms. The number of hydrogen-bond donors (Lipinski definition) is 7. The second-order valence-corrected chi connectivity index (χ2v) is 29.7. The Balaban J connectivity index is 1.02. The van der Waals surface area contributed by atoms with Crippen molar-refractivity contribution in [3.63, 3.8) is 0 Å². The van der Waals surface area contributed by atoms with E-state index in [1.165, 1.54) is 36.4 Å². The minimum Gasteiger partial charge on any atom is -0.594 e. The van der Waals surface area contributed by atoms with Crippen LogP contribution >= 0.6 is 0 Å². The molecule has 0 amide bonds. The van der Waals surface area contributed by atoms with Crippen molar-refractivity contribution in [2.24, 2.45) is 15.3 Å². The van der Waals surface area contributed by atoms with Gasteiger partial charge in [0.2, 0.25) is 17.1 Å². The van der Waals surface area contributed by atoms with Crippen LogP contribution in [-0.4, -0.2) is 115 Å². The highest BCUT2D eigenvalue weighted by Crippen LogP contribution is 2.35. The summed E-state index contributed by atoms with van der Waals surface area (Å²) in [7, 11) is -36.2. The molecule has 0 aliphatic rings. The smallest absolute Gasteiger partial charge is 0.295 e. The van der Waals surface area contributed by atoms with Gasteiger partial charge >= 0.3 is 0 Å². The molecule has 0 fully saturated rings. The summed E-state index contributed by atoms with van der Waals surface area (Å²) < 4.78 is 244. The molecule has 0 saturated heterocycles. The first-order valence-corrected chi connectivity index (χ1v) is 36.4. The summed E-state index contributed by atoms with van der Waals surface area (Å²) in [6.45, 7) is 0. The largest absolute Gasteiger partial charge is 0.594 e. The molecule has 0 saturated carbocycles.